The maximum absolute atomic E-state index is 5.81. The van der Waals surface area contributed by atoms with E-state index in [0.29, 0.717) is 25.7 Å². The number of benzene rings is 1. The average molecular weight is 251 g/mol. The van der Waals surface area contributed by atoms with Crippen LogP contribution >= 0.6 is 0 Å². The molecule has 0 atom stereocenters. The van der Waals surface area contributed by atoms with Gasteiger partial charge in [0.05, 0.1) is 13.2 Å². The summed E-state index contributed by atoms with van der Waals surface area (Å²) in [7, 11) is 0. The van der Waals surface area contributed by atoms with Crippen molar-refractivity contribution in [3.63, 3.8) is 0 Å². The van der Waals surface area contributed by atoms with Gasteiger partial charge in [-0.25, -0.2) is 0 Å². The van der Waals surface area contributed by atoms with Gasteiger partial charge in [-0.1, -0.05) is 26.0 Å². The standard InChI is InChI=1S/C15H25NO2/c1-12(2)13-5-7-14(8-6-13)18-10-9-17-11-15(3,4)16/h5-8,12H,9-11,16H2,1-4H3. The second kappa shape index (κ2) is 6.76. The van der Waals surface area contributed by atoms with Gasteiger partial charge in [-0.15, -0.1) is 0 Å². The van der Waals surface area contributed by atoms with Crippen LogP contribution in [0.15, 0.2) is 24.3 Å². The lowest BCUT2D eigenvalue weighted by atomic mass is 10.0. The van der Waals surface area contributed by atoms with Crippen molar-refractivity contribution >= 4 is 0 Å². The van der Waals surface area contributed by atoms with Crippen molar-refractivity contribution < 1.29 is 9.47 Å². The van der Waals surface area contributed by atoms with Gasteiger partial charge in [0.1, 0.15) is 12.4 Å². The molecule has 0 unspecified atom stereocenters. The molecular weight excluding hydrogens is 226 g/mol. The molecule has 2 N–H and O–H groups in total. The molecule has 0 radical (unpaired) electrons. The van der Waals surface area contributed by atoms with Crippen LogP contribution in [-0.2, 0) is 4.74 Å². The summed E-state index contributed by atoms with van der Waals surface area (Å²) in [6.45, 7) is 9.90. The van der Waals surface area contributed by atoms with E-state index >= 15 is 0 Å². The Labute approximate surface area is 110 Å². The van der Waals surface area contributed by atoms with Gasteiger partial charge in [0, 0.05) is 5.54 Å². The molecule has 0 heterocycles. The predicted molar refractivity (Wildman–Crippen MR) is 75.1 cm³/mol. The van der Waals surface area contributed by atoms with Crippen molar-refractivity contribution in [3.8, 4) is 5.75 Å². The molecule has 1 aromatic carbocycles. The summed E-state index contributed by atoms with van der Waals surface area (Å²) in [5.41, 5.74) is 6.85. The normalized spacial score (nSPS) is 11.9. The SMILES string of the molecule is CC(C)c1ccc(OCCOCC(C)(C)N)cc1. The molecule has 102 valence electrons. The van der Waals surface area contributed by atoms with Gasteiger partial charge >= 0.3 is 0 Å². The van der Waals surface area contributed by atoms with Crippen LogP contribution in [0.5, 0.6) is 5.75 Å². The Morgan fingerprint density at radius 1 is 1.11 bits per heavy atom. The molecule has 0 aliphatic rings. The maximum Gasteiger partial charge on any atom is 0.119 e. The highest BCUT2D eigenvalue weighted by Gasteiger charge is 2.09. The lowest BCUT2D eigenvalue weighted by molar-refractivity contribution is 0.0724. The third-order valence-corrected chi connectivity index (χ3v) is 2.52. The third kappa shape index (κ3) is 6.03. The number of ether oxygens (including phenoxy) is 2. The fourth-order valence-electron chi connectivity index (χ4n) is 1.50. The highest BCUT2D eigenvalue weighted by Crippen LogP contribution is 2.18. The van der Waals surface area contributed by atoms with Crippen molar-refractivity contribution in [2.75, 3.05) is 19.8 Å². The summed E-state index contributed by atoms with van der Waals surface area (Å²) in [5, 5.41) is 0. The molecule has 0 fully saturated rings. The van der Waals surface area contributed by atoms with E-state index in [-0.39, 0.29) is 5.54 Å². The van der Waals surface area contributed by atoms with Crippen molar-refractivity contribution in [3.05, 3.63) is 29.8 Å². The number of hydrogen-bond acceptors (Lipinski definition) is 3. The quantitative estimate of drug-likeness (QED) is 0.758. The summed E-state index contributed by atoms with van der Waals surface area (Å²) in [6, 6.07) is 8.21. The molecule has 0 amide bonds. The van der Waals surface area contributed by atoms with E-state index in [9.17, 15) is 0 Å². The summed E-state index contributed by atoms with van der Waals surface area (Å²) >= 11 is 0. The number of rotatable bonds is 7. The van der Waals surface area contributed by atoms with Crippen LogP contribution in [0.2, 0.25) is 0 Å². The van der Waals surface area contributed by atoms with Crippen LogP contribution in [0, 0.1) is 0 Å². The van der Waals surface area contributed by atoms with Crippen LogP contribution in [0.25, 0.3) is 0 Å². The van der Waals surface area contributed by atoms with Crippen molar-refractivity contribution in [1.82, 2.24) is 0 Å². The number of hydrogen-bond donors (Lipinski definition) is 1. The summed E-state index contributed by atoms with van der Waals surface area (Å²) < 4.78 is 11.0. The summed E-state index contributed by atoms with van der Waals surface area (Å²) in [5.74, 6) is 1.43. The van der Waals surface area contributed by atoms with Gasteiger partial charge in [0.15, 0.2) is 0 Å². The van der Waals surface area contributed by atoms with Gasteiger partial charge in [0.2, 0.25) is 0 Å². The molecule has 0 spiro atoms. The minimum Gasteiger partial charge on any atom is -0.491 e. The zero-order valence-electron chi connectivity index (χ0n) is 11.9. The Hall–Kier alpha value is -1.06. The smallest absolute Gasteiger partial charge is 0.119 e. The Kier molecular flexibility index (Phi) is 5.63. The van der Waals surface area contributed by atoms with E-state index in [1.807, 2.05) is 26.0 Å². The first kappa shape index (κ1) is 15.0. The summed E-state index contributed by atoms with van der Waals surface area (Å²) in [6.07, 6.45) is 0. The largest absolute Gasteiger partial charge is 0.491 e. The van der Waals surface area contributed by atoms with E-state index in [1.165, 1.54) is 5.56 Å². The third-order valence-electron chi connectivity index (χ3n) is 2.52. The first-order valence-electron chi connectivity index (χ1n) is 6.48. The zero-order chi connectivity index (χ0) is 13.6. The molecule has 18 heavy (non-hydrogen) atoms. The average Bonchev–Trinajstić information content (AvgIpc) is 2.27. The van der Waals surface area contributed by atoms with Gasteiger partial charge in [-0.05, 0) is 37.5 Å². The Balaban J connectivity index is 2.23. The van der Waals surface area contributed by atoms with Gasteiger partial charge in [0.25, 0.3) is 0 Å². The fraction of sp³-hybridized carbons (Fsp3) is 0.600. The maximum atomic E-state index is 5.81. The van der Waals surface area contributed by atoms with Crippen LogP contribution in [0.4, 0.5) is 0 Å². The van der Waals surface area contributed by atoms with Crippen LogP contribution in [-0.4, -0.2) is 25.4 Å². The molecule has 1 aromatic rings. The van der Waals surface area contributed by atoms with Crippen molar-refractivity contribution in [2.24, 2.45) is 5.73 Å². The molecule has 0 saturated heterocycles. The van der Waals surface area contributed by atoms with Gasteiger partial charge < -0.3 is 15.2 Å². The van der Waals surface area contributed by atoms with Crippen LogP contribution in [0.1, 0.15) is 39.2 Å². The Morgan fingerprint density at radius 3 is 2.22 bits per heavy atom. The molecule has 0 aromatic heterocycles. The molecule has 3 nitrogen and oxygen atoms in total. The van der Waals surface area contributed by atoms with E-state index in [4.69, 9.17) is 15.2 Å². The molecule has 0 aliphatic heterocycles. The van der Waals surface area contributed by atoms with Crippen molar-refractivity contribution in [1.29, 1.82) is 0 Å². The van der Waals surface area contributed by atoms with E-state index < -0.39 is 0 Å². The second-order valence-electron chi connectivity index (χ2n) is 5.61. The molecule has 0 bridgehead atoms. The highest BCUT2D eigenvalue weighted by atomic mass is 16.5. The van der Waals surface area contributed by atoms with Gasteiger partial charge in [-0.3, -0.25) is 0 Å². The topological polar surface area (TPSA) is 44.5 Å². The molecule has 3 heteroatoms. The number of nitrogens with two attached hydrogens (primary N) is 1. The van der Waals surface area contributed by atoms with E-state index in [1.54, 1.807) is 0 Å². The first-order valence-corrected chi connectivity index (χ1v) is 6.48. The first-order chi connectivity index (χ1) is 8.38. The Morgan fingerprint density at radius 2 is 1.72 bits per heavy atom. The Bertz CT molecular complexity index is 339. The van der Waals surface area contributed by atoms with E-state index in [2.05, 4.69) is 26.0 Å². The van der Waals surface area contributed by atoms with Crippen LogP contribution in [0.3, 0.4) is 0 Å². The zero-order valence-corrected chi connectivity index (χ0v) is 11.9. The van der Waals surface area contributed by atoms with E-state index in [0.717, 1.165) is 5.75 Å². The highest BCUT2D eigenvalue weighted by molar-refractivity contribution is 5.28. The molecule has 0 aliphatic carbocycles. The second-order valence-corrected chi connectivity index (χ2v) is 5.61. The monoisotopic (exact) mass is 251 g/mol. The molecule has 0 saturated carbocycles. The minimum atomic E-state index is -0.279. The summed E-state index contributed by atoms with van der Waals surface area (Å²) in [4.78, 5) is 0. The predicted octanol–water partition coefficient (Wildman–Crippen LogP) is 2.94. The lowest BCUT2D eigenvalue weighted by Crippen LogP contribution is -2.37. The van der Waals surface area contributed by atoms with Crippen molar-refractivity contribution in [2.45, 2.75) is 39.2 Å². The lowest BCUT2D eigenvalue weighted by Gasteiger charge is -2.18. The van der Waals surface area contributed by atoms with Crippen LogP contribution < -0.4 is 10.5 Å². The van der Waals surface area contributed by atoms with Gasteiger partial charge in [-0.2, -0.15) is 0 Å². The minimum absolute atomic E-state index is 0.279. The molecule has 1 rings (SSSR count). The fourth-order valence-corrected chi connectivity index (χ4v) is 1.50. The molecular formula is C15H25NO2.